The maximum Gasteiger partial charge on any atom is 0.303 e. The molecule has 9 heteroatoms. The number of hydrogen-bond donors (Lipinski definition) is 3. The molecular weight excluding hydrogens is 274 g/mol. The van der Waals surface area contributed by atoms with Crippen molar-refractivity contribution in [3.05, 3.63) is 4.91 Å². The summed E-state index contributed by atoms with van der Waals surface area (Å²) in [5.41, 5.74) is 5.50. The van der Waals surface area contributed by atoms with Crippen LogP contribution in [0.1, 0.15) is 26.7 Å². The van der Waals surface area contributed by atoms with Crippen LogP contribution in [-0.4, -0.2) is 40.1 Å². The van der Waals surface area contributed by atoms with Crippen LogP contribution in [0.2, 0.25) is 0 Å². The molecule has 0 saturated carbocycles. The van der Waals surface area contributed by atoms with Crippen molar-refractivity contribution >= 4 is 30.1 Å². The average Bonchev–Trinajstić information content (AvgIpc) is 2.32. The zero-order chi connectivity index (χ0) is 15.1. The number of nitroso groups, excluding NO2 is 1. The van der Waals surface area contributed by atoms with Crippen molar-refractivity contribution in [3.63, 3.8) is 0 Å². The molecule has 4 N–H and O–H groups in total. The fraction of sp³-hybridized carbons (Fsp3) is 0.700. The number of aldehydes is 1. The number of nitrogens with one attached hydrogen (secondary N) is 1. The summed E-state index contributed by atoms with van der Waals surface area (Å²) < 4.78 is 1.72. The molecule has 19 heavy (non-hydrogen) atoms. The normalized spacial score (nSPS) is 14.3. The highest BCUT2D eigenvalue weighted by atomic mass is 32.2. The number of nitrogens with two attached hydrogens (primary N) is 1. The maximum absolute atomic E-state index is 11.7. The quantitative estimate of drug-likeness (QED) is 0.310. The number of aliphatic carboxylic acids is 1. The lowest BCUT2D eigenvalue weighted by Gasteiger charge is -2.28. The van der Waals surface area contributed by atoms with Crippen molar-refractivity contribution in [1.29, 1.82) is 0 Å². The summed E-state index contributed by atoms with van der Waals surface area (Å²) in [6.45, 7) is 3.14. The van der Waals surface area contributed by atoms with Gasteiger partial charge in [0.25, 0.3) is 0 Å². The molecule has 0 aliphatic heterocycles. The molecule has 0 bridgehead atoms. The predicted octanol–water partition coefficient (Wildman–Crippen LogP) is 0.0554. The van der Waals surface area contributed by atoms with E-state index in [0.29, 0.717) is 18.2 Å². The Labute approximate surface area is 114 Å². The van der Waals surface area contributed by atoms with E-state index in [4.69, 9.17) is 10.8 Å². The first-order chi connectivity index (χ1) is 8.74. The summed E-state index contributed by atoms with van der Waals surface area (Å²) in [5.74, 6) is -1.70. The third-order valence-electron chi connectivity index (χ3n) is 2.46. The van der Waals surface area contributed by atoms with Crippen LogP contribution >= 0.6 is 11.9 Å². The zero-order valence-corrected chi connectivity index (χ0v) is 11.5. The summed E-state index contributed by atoms with van der Waals surface area (Å²) in [6.07, 6.45) is 0.209. The molecule has 0 aliphatic carbocycles. The van der Waals surface area contributed by atoms with Gasteiger partial charge in [0, 0.05) is 23.0 Å². The van der Waals surface area contributed by atoms with Gasteiger partial charge in [-0.05, 0) is 20.3 Å². The Bertz CT molecular complexity index is 361. The van der Waals surface area contributed by atoms with E-state index in [-0.39, 0.29) is 12.8 Å². The van der Waals surface area contributed by atoms with Crippen molar-refractivity contribution in [2.24, 2.45) is 10.3 Å². The number of carbonyl (C=O) groups excluding carboxylic acids is 2. The van der Waals surface area contributed by atoms with E-state index in [9.17, 15) is 19.3 Å². The highest BCUT2D eigenvalue weighted by Crippen LogP contribution is 2.28. The molecule has 0 heterocycles. The van der Waals surface area contributed by atoms with Crippen molar-refractivity contribution < 1.29 is 19.5 Å². The molecule has 0 rings (SSSR count). The number of carbonyl (C=O) groups is 3. The summed E-state index contributed by atoms with van der Waals surface area (Å²) in [4.78, 5) is 43.2. The van der Waals surface area contributed by atoms with Gasteiger partial charge in [0.05, 0.1) is 10.8 Å². The van der Waals surface area contributed by atoms with Gasteiger partial charge < -0.3 is 21.0 Å². The van der Waals surface area contributed by atoms with E-state index < -0.39 is 28.7 Å². The molecule has 8 nitrogen and oxygen atoms in total. The monoisotopic (exact) mass is 291 g/mol. The van der Waals surface area contributed by atoms with Gasteiger partial charge in [-0.1, -0.05) is 0 Å². The van der Waals surface area contributed by atoms with Crippen LogP contribution in [0.4, 0.5) is 0 Å². The van der Waals surface area contributed by atoms with Crippen LogP contribution in [-0.2, 0) is 14.4 Å². The van der Waals surface area contributed by atoms with Gasteiger partial charge in [-0.2, -0.15) is 0 Å². The number of amides is 1. The third kappa shape index (κ3) is 6.30. The van der Waals surface area contributed by atoms with Gasteiger partial charge in [-0.3, -0.25) is 9.59 Å². The van der Waals surface area contributed by atoms with Crippen LogP contribution in [0.3, 0.4) is 0 Å². The van der Waals surface area contributed by atoms with Gasteiger partial charge in [0.1, 0.15) is 12.3 Å². The van der Waals surface area contributed by atoms with E-state index in [1.54, 1.807) is 13.8 Å². The van der Waals surface area contributed by atoms with E-state index in [0.717, 1.165) is 0 Å². The highest BCUT2D eigenvalue weighted by Gasteiger charge is 2.33. The average molecular weight is 291 g/mol. The molecule has 108 valence electrons. The molecule has 0 spiro atoms. The summed E-state index contributed by atoms with van der Waals surface area (Å²) in [7, 11) is 0. The van der Waals surface area contributed by atoms with E-state index >= 15 is 0 Å². The van der Waals surface area contributed by atoms with Gasteiger partial charge in [-0.25, -0.2) is 0 Å². The van der Waals surface area contributed by atoms with Crippen LogP contribution in [0, 0.1) is 4.91 Å². The lowest BCUT2D eigenvalue weighted by Crippen LogP contribution is -2.53. The Hall–Kier alpha value is -1.48. The SMILES string of the molecule is CC(C)(SN=O)[C@@H](C=O)NC(=O)[C@@H](N)CCC(=O)O. The number of hydrogen-bond acceptors (Lipinski definition) is 7. The molecule has 0 aromatic carbocycles. The Balaban J connectivity index is 4.53. The molecule has 0 unspecified atom stereocenters. The zero-order valence-electron chi connectivity index (χ0n) is 10.7. The molecule has 0 aromatic heterocycles. The second-order valence-electron chi connectivity index (χ2n) is 4.43. The topological polar surface area (TPSA) is 139 Å². The fourth-order valence-corrected chi connectivity index (χ4v) is 1.62. The largest absolute Gasteiger partial charge is 0.481 e. The summed E-state index contributed by atoms with van der Waals surface area (Å²) >= 11 is 0.627. The summed E-state index contributed by atoms with van der Waals surface area (Å²) in [5, 5.41) is 10.8. The first-order valence-electron chi connectivity index (χ1n) is 5.48. The summed E-state index contributed by atoms with van der Waals surface area (Å²) in [6, 6.07) is -1.97. The van der Waals surface area contributed by atoms with Gasteiger partial charge >= 0.3 is 5.97 Å². The van der Waals surface area contributed by atoms with E-state index in [2.05, 4.69) is 9.90 Å². The second-order valence-corrected chi connectivity index (χ2v) is 5.81. The molecule has 1 amide bonds. The van der Waals surface area contributed by atoms with Crippen molar-refractivity contribution in [3.8, 4) is 0 Å². The highest BCUT2D eigenvalue weighted by molar-refractivity contribution is 7.99. The first-order valence-corrected chi connectivity index (χ1v) is 6.25. The lowest BCUT2D eigenvalue weighted by atomic mass is 10.0. The van der Waals surface area contributed by atoms with Crippen molar-refractivity contribution in [1.82, 2.24) is 5.32 Å². The Morgan fingerprint density at radius 3 is 2.53 bits per heavy atom. The Kier molecular flexibility index (Phi) is 7.23. The standard InChI is InChI=1S/C10H17N3O5S/c1-10(2,19-13-18)7(5-14)12-9(17)6(11)3-4-8(15)16/h5-7H,3-4,11H2,1-2H3,(H,12,17)(H,15,16)/t6-,7+/m0/s1. The third-order valence-corrected chi connectivity index (χ3v) is 3.26. The molecule has 0 radical (unpaired) electrons. The Morgan fingerprint density at radius 1 is 1.53 bits per heavy atom. The van der Waals surface area contributed by atoms with E-state index in [1.165, 1.54) is 0 Å². The molecule has 0 fully saturated rings. The molecule has 0 aromatic rings. The van der Waals surface area contributed by atoms with Crippen LogP contribution in [0.25, 0.3) is 0 Å². The molecule has 2 atom stereocenters. The minimum absolute atomic E-state index is 0.0355. The fourth-order valence-electron chi connectivity index (χ4n) is 1.19. The molecular formula is C10H17N3O5S. The minimum Gasteiger partial charge on any atom is -0.481 e. The van der Waals surface area contributed by atoms with Crippen molar-refractivity contribution in [2.45, 2.75) is 43.5 Å². The van der Waals surface area contributed by atoms with Crippen LogP contribution in [0.5, 0.6) is 0 Å². The minimum atomic E-state index is -1.06. The van der Waals surface area contributed by atoms with Crippen LogP contribution in [0.15, 0.2) is 4.58 Å². The number of carboxylic acids is 1. The smallest absolute Gasteiger partial charge is 0.303 e. The molecule has 0 saturated heterocycles. The Morgan fingerprint density at radius 2 is 2.11 bits per heavy atom. The number of rotatable bonds is 9. The number of nitrogens with zero attached hydrogens (tertiary/aromatic N) is 1. The maximum atomic E-state index is 11.7. The van der Waals surface area contributed by atoms with Crippen LogP contribution < -0.4 is 11.1 Å². The van der Waals surface area contributed by atoms with Gasteiger partial charge in [0.2, 0.25) is 5.91 Å². The van der Waals surface area contributed by atoms with E-state index in [1.807, 2.05) is 0 Å². The second kappa shape index (κ2) is 7.85. The van der Waals surface area contributed by atoms with Gasteiger partial charge in [-0.15, -0.1) is 4.91 Å². The van der Waals surface area contributed by atoms with Crippen molar-refractivity contribution in [2.75, 3.05) is 0 Å². The lowest BCUT2D eigenvalue weighted by molar-refractivity contribution is -0.137. The number of carboxylic acid groups (broad SMARTS) is 1. The predicted molar refractivity (Wildman–Crippen MR) is 70.3 cm³/mol. The van der Waals surface area contributed by atoms with Gasteiger partial charge in [0.15, 0.2) is 0 Å². The molecule has 0 aliphatic rings. The first kappa shape index (κ1) is 17.5.